The fraction of sp³-hybridized carbons (Fsp3) is 0.0833. The van der Waals surface area contributed by atoms with Gasteiger partial charge in [0.15, 0.2) is 0 Å². The van der Waals surface area contributed by atoms with Gasteiger partial charge in [0.25, 0.3) is 0 Å². The average Bonchev–Trinajstić information content (AvgIpc) is 3.18. The van der Waals surface area contributed by atoms with Crippen molar-refractivity contribution in [3.8, 4) is 28.2 Å². The summed E-state index contributed by atoms with van der Waals surface area (Å²) in [4.78, 5) is 0. The maximum atomic E-state index is 13.8. The molecular formula is C24H18BrF3N2. The molecule has 152 valence electrons. The van der Waals surface area contributed by atoms with E-state index in [0.717, 1.165) is 27.2 Å². The van der Waals surface area contributed by atoms with Gasteiger partial charge in [-0.15, -0.1) is 0 Å². The van der Waals surface area contributed by atoms with E-state index in [-0.39, 0.29) is 5.69 Å². The molecule has 0 aliphatic heterocycles. The highest BCUT2D eigenvalue weighted by Gasteiger charge is 2.34. The van der Waals surface area contributed by atoms with Gasteiger partial charge in [-0.05, 0) is 59.2 Å². The van der Waals surface area contributed by atoms with Gasteiger partial charge in [0.05, 0.1) is 22.6 Å². The van der Waals surface area contributed by atoms with Gasteiger partial charge in [0.2, 0.25) is 0 Å². The number of nitrogens with two attached hydrogens (primary N) is 1. The van der Waals surface area contributed by atoms with Crippen molar-refractivity contribution in [2.45, 2.75) is 12.7 Å². The van der Waals surface area contributed by atoms with Gasteiger partial charge >= 0.3 is 6.18 Å². The molecule has 3 aromatic carbocycles. The number of benzene rings is 3. The SMILES string of the molecule is NCc1cccc(-c2ccc(-c3ccc(Br)cc3)n2-c2ccccc2C(F)(F)F)c1. The van der Waals surface area contributed by atoms with Crippen LogP contribution in [0, 0.1) is 0 Å². The van der Waals surface area contributed by atoms with Crippen molar-refractivity contribution >= 4 is 15.9 Å². The van der Waals surface area contributed by atoms with Crippen LogP contribution in [-0.4, -0.2) is 4.57 Å². The van der Waals surface area contributed by atoms with Gasteiger partial charge in [-0.25, -0.2) is 0 Å². The second kappa shape index (κ2) is 8.13. The minimum Gasteiger partial charge on any atom is -0.326 e. The molecule has 1 heterocycles. The molecule has 2 N–H and O–H groups in total. The van der Waals surface area contributed by atoms with Gasteiger partial charge in [0.1, 0.15) is 0 Å². The molecule has 0 spiro atoms. The third-order valence-electron chi connectivity index (χ3n) is 4.93. The van der Waals surface area contributed by atoms with Crippen LogP contribution >= 0.6 is 15.9 Å². The Bertz CT molecular complexity index is 1180. The van der Waals surface area contributed by atoms with E-state index in [2.05, 4.69) is 15.9 Å². The van der Waals surface area contributed by atoms with Crippen molar-refractivity contribution in [2.75, 3.05) is 0 Å². The lowest BCUT2D eigenvalue weighted by Crippen LogP contribution is -2.12. The zero-order valence-corrected chi connectivity index (χ0v) is 17.4. The third kappa shape index (κ3) is 3.93. The molecular weight excluding hydrogens is 453 g/mol. The molecule has 0 unspecified atom stereocenters. The van der Waals surface area contributed by atoms with Crippen LogP contribution in [0.15, 0.2) is 89.4 Å². The molecule has 0 aliphatic carbocycles. The fourth-order valence-electron chi connectivity index (χ4n) is 3.53. The van der Waals surface area contributed by atoms with Crippen LogP contribution in [0.5, 0.6) is 0 Å². The first-order chi connectivity index (χ1) is 14.4. The number of para-hydroxylation sites is 1. The number of alkyl halides is 3. The molecule has 0 fully saturated rings. The molecule has 0 amide bonds. The van der Waals surface area contributed by atoms with Crippen LogP contribution in [0.2, 0.25) is 0 Å². The summed E-state index contributed by atoms with van der Waals surface area (Å²) in [5.74, 6) is 0. The average molecular weight is 471 g/mol. The summed E-state index contributed by atoms with van der Waals surface area (Å²) in [6.45, 7) is 0.354. The quantitative estimate of drug-likeness (QED) is 0.340. The fourth-order valence-corrected chi connectivity index (χ4v) is 3.80. The predicted octanol–water partition coefficient (Wildman–Crippen LogP) is 7.05. The van der Waals surface area contributed by atoms with Crippen LogP contribution in [0.25, 0.3) is 28.2 Å². The monoisotopic (exact) mass is 470 g/mol. The topological polar surface area (TPSA) is 30.9 Å². The van der Waals surface area contributed by atoms with Gasteiger partial charge in [-0.1, -0.05) is 58.4 Å². The first kappa shape index (κ1) is 20.4. The summed E-state index contributed by atoms with van der Waals surface area (Å²) in [7, 11) is 0. The Kier molecular flexibility index (Phi) is 5.54. The molecule has 0 saturated carbocycles. The van der Waals surface area contributed by atoms with E-state index < -0.39 is 11.7 Å². The maximum absolute atomic E-state index is 13.8. The van der Waals surface area contributed by atoms with Gasteiger partial charge in [-0.3, -0.25) is 0 Å². The summed E-state index contributed by atoms with van der Waals surface area (Å²) in [5.41, 5.74) is 9.05. The van der Waals surface area contributed by atoms with Crippen LogP contribution < -0.4 is 5.73 Å². The highest BCUT2D eigenvalue weighted by Crippen LogP contribution is 2.39. The smallest absolute Gasteiger partial charge is 0.326 e. The first-order valence-electron chi connectivity index (χ1n) is 9.32. The van der Waals surface area contributed by atoms with E-state index in [9.17, 15) is 13.2 Å². The predicted molar refractivity (Wildman–Crippen MR) is 117 cm³/mol. The zero-order chi connectivity index (χ0) is 21.3. The number of rotatable bonds is 4. The van der Waals surface area contributed by atoms with E-state index in [4.69, 9.17) is 5.73 Å². The van der Waals surface area contributed by atoms with E-state index in [1.54, 1.807) is 10.6 Å². The third-order valence-corrected chi connectivity index (χ3v) is 5.46. The standard InChI is InChI=1S/C24H18BrF3N2/c25-19-10-8-17(9-11-19)21-12-13-22(18-5-3-4-16(14-18)15-29)30(21)23-7-2-1-6-20(23)24(26,27)28/h1-14H,15,29H2. The lowest BCUT2D eigenvalue weighted by atomic mass is 10.1. The van der Waals surface area contributed by atoms with E-state index in [0.29, 0.717) is 17.9 Å². The number of hydrogen-bond acceptors (Lipinski definition) is 1. The van der Waals surface area contributed by atoms with Crippen molar-refractivity contribution in [2.24, 2.45) is 5.73 Å². The summed E-state index contributed by atoms with van der Waals surface area (Å²) in [6, 6.07) is 24.4. The van der Waals surface area contributed by atoms with Crippen LogP contribution in [0.1, 0.15) is 11.1 Å². The Morgan fingerprint density at radius 3 is 2.10 bits per heavy atom. The van der Waals surface area contributed by atoms with Crippen molar-refractivity contribution in [3.05, 3.63) is 101 Å². The first-order valence-corrected chi connectivity index (χ1v) is 10.1. The Morgan fingerprint density at radius 1 is 0.767 bits per heavy atom. The minimum atomic E-state index is -4.48. The Labute approximate surface area is 180 Å². The summed E-state index contributed by atoms with van der Waals surface area (Å²) >= 11 is 3.41. The molecule has 0 saturated heterocycles. The van der Waals surface area contributed by atoms with Crippen molar-refractivity contribution < 1.29 is 13.2 Å². The second-order valence-corrected chi connectivity index (χ2v) is 7.78. The molecule has 0 atom stereocenters. The number of aromatic nitrogens is 1. The normalized spacial score (nSPS) is 11.6. The largest absolute Gasteiger partial charge is 0.418 e. The van der Waals surface area contributed by atoms with Crippen LogP contribution in [-0.2, 0) is 12.7 Å². The summed E-state index contributed by atoms with van der Waals surface area (Å²) in [6.07, 6.45) is -4.48. The van der Waals surface area contributed by atoms with E-state index in [1.165, 1.54) is 12.1 Å². The van der Waals surface area contributed by atoms with Crippen molar-refractivity contribution in [3.63, 3.8) is 0 Å². The lowest BCUT2D eigenvalue weighted by Gasteiger charge is -2.19. The molecule has 30 heavy (non-hydrogen) atoms. The van der Waals surface area contributed by atoms with Crippen molar-refractivity contribution in [1.82, 2.24) is 4.57 Å². The maximum Gasteiger partial charge on any atom is 0.418 e. The Balaban J connectivity index is 2.02. The van der Waals surface area contributed by atoms with E-state index >= 15 is 0 Å². The Hall–Kier alpha value is -2.83. The molecule has 0 aliphatic rings. The van der Waals surface area contributed by atoms with Gasteiger partial charge in [-0.2, -0.15) is 13.2 Å². The molecule has 0 bridgehead atoms. The molecule has 6 heteroatoms. The van der Waals surface area contributed by atoms with Gasteiger partial charge in [0, 0.05) is 11.0 Å². The number of hydrogen-bond donors (Lipinski definition) is 1. The molecule has 0 radical (unpaired) electrons. The minimum absolute atomic E-state index is 0.0843. The Morgan fingerprint density at radius 2 is 1.43 bits per heavy atom. The zero-order valence-electron chi connectivity index (χ0n) is 15.8. The highest BCUT2D eigenvalue weighted by atomic mass is 79.9. The molecule has 1 aromatic heterocycles. The van der Waals surface area contributed by atoms with Crippen molar-refractivity contribution in [1.29, 1.82) is 0 Å². The molecule has 4 rings (SSSR count). The second-order valence-electron chi connectivity index (χ2n) is 6.87. The van der Waals surface area contributed by atoms with E-state index in [1.807, 2.05) is 60.7 Å². The van der Waals surface area contributed by atoms with Gasteiger partial charge < -0.3 is 10.3 Å². The molecule has 4 aromatic rings. The molecule has 2 nitrogen and oxygen atoms in total. The van der Waals surface area contributed by atoms with Crippen LogP contribution in [0.4, 0.5) is 13.2 Å². The number of nitrogens with zero attached hydrogens (tertiary/aromatic N) is 1. The number of halogens is 4. The van der Waals surface area contributed by atoms with Crippen LogP contribution in [0.3, 0.4) is 0 Å². The summed E-state index contributed by atoms with van der Waals surface area (Å²) < 4.78 is 44.1. The summed E-state index contributed by atoms with van der Waals surface area (Å²) in [5, 5.41) is 0. The highest BCUT2D eigenvalue weighted by molar-refractivity contribution is 9.10. The lowest BCUT2D eigenvalue weighted by molar-refractivity contribution is -0.137.